The van der Waals surface area contributed by atoms with Crippen LogP contribution in [0.3, 0.4) is 0 Å². The van der Waals surface area contributed by atoms with Gasteiger partial charge < -0.3 is 4.74 Å². The Labute approximate surface area is 81.2 Å². The molecule has 0 aliphatic rings. The molecule has 8 heteroatoms. The lowest BCUT2D eigenvalue weighted by atomic mass is 10.3. The summed E-state index contributed by atoms with van der Waals surface area (Å²) in [6.45, 7) is 0. The lowest BCUT2D eigenvalue weighted by Gasteiger charge is -2.11. The molecule has 0 amide bonds. The highest BCUT2D eigenvalue weighted by Crippen LogP contribution is 2.28. The maximum absolute atomic E-state index is 12.0. The van der Waals surface area contributed by atoms with E-state index in [-0.39, 0.29) is 6.08 Å². The van der Waals surface area contributed by atoms with Gasteiger partial charge in [0.2, 0.25) is 5.76 Å². The fourth-order valence-electron chi connectivity index (χ4n) is 0.654. The van der Waals surface area contributed by atoms with Gasteiger partial charge in [-0.15, -0.1) is 0 Å². The Morgan fingerprint density at radius 3 is 1.73 bits per heavy atom. The first-order valence-electron chi connectivity index (χ1n) is 3.49. The van der Waals surface area contributed by atoms with Gasteiger partial charge in [-0.3, -0.25) is 4.99 Å². The average molecular weight is 235 g/mol. The molecule has 0 heterocycles. The van der Waals surface area contributed by atoms with Gasteiger partial charge in [-0.25, -0.2) is 0 Å². The lowest BCUT2D eigenvalue weighted by molar-refractivity contribution is -0.126. The van der Waals surface area contributed by atoms with Gasteiger partial charge in [0.15, 0.2) is 0 Å². The summed E-state index contributed by atoms with van der Waals surface area (Å²) in [5.41, 5.74) is -1.66. The number of hydrogen-bond donors (Lipinski definition) is 0. The molecule has 0 bridgehead atoms. The van der Waals surface area contributed by atoms with E-state index in [0.717, 1.165) is 7.05 Å². The molecule has 0 saturated heterocycles. The van der Waals surface area contributed by atoms with Crippen LogP contribution in [0.4, 0.5) is 26.3 Å². The number of ether oxygens (including phenoxy) is 1. The molecule has 88 valence electrons. The second kappa shape index (κ2) is 4.54. The Morgan fingerprint density at radius 1 is 1.07 bits per heavy atom. The number of hydrogen-bond acceptors (Lipinski definition) is 2. The number of halogens is 6. The second-order valence-corrected chi connectivity index (χ2v) is 2.32. The molecular formula is C7H7F6NO. The van der Waals surface area contributed by atoms with Crippen LogP contribution < -0.4 is 0 Å². The third kappa shape index (κ3) is 4.22. The Hall–Kier alpha value is -1.21. The van der Waals surface area contributed by atoms with Crippen molar-refractivity contribution in [2.75, 3.05) is 14.2 Å². The van der Waals surface area contributed by atoms with Crippen LogP contribution in [0, 0.1) is 0 Å². The van der Waals surface area contributed by atoms with Crippen molar-refractivity contribution in [2.24, 2.45) is 4.99 Å². The fourth-order valence-corrected chi connectivity index (χ4v) is 0.654. The quantitative estimate of drug-likeness (QED) is 0.409. The largest absolute Gasteiger partial charge is 0.492 e. The van der Waals surface area contributed by atoms with E-state index in [1.807, 2.05) is 0 Å². The zero-order valence-corrected chi connectivity index (χ0v) is 7.70. The minimum absolute atomic E-state index is 0.194. The molecule has 0 atom stereocenters. The van der Waals surface area contributed by atoms with Crippen LogP contribution in [-0.4, -0.2) is 32.2 Å². The van der Waals surface area contributed by atoms with Gasteiger partial charge in [-0.2, -0.15) is 26.3 Å². The minimum atomic E-state index is -4.98. The molecule has 0 rings (SSSR count). The van der Waals surface area contributed by atoms with Crippen LogP contribution in [-0.2, 0) is 4.74 Å². The van der Waals surface area contributed by atoms with Gasteiger partial charge in [0.25, 0.3) is 0 Å². The van der Waals surface area contributed by atoms with E-state index in [0.29, 0.717) is 7.11 Å². The van der Waals surface area contributed by atoms with Gasteiger partial charge in [0, 0.05) is 13.1 Å². The predicted molar refractivity (Wildman–Crippen MR) is 40.6 cm³/mol. The third-order valence-electron chi connectivity index (χ3n) is 1.30. The summed E-state index contributed by atoms with van der Waals surface area (Å²) < 4.78 is 75.8. The van der Waals surface area contributed by atoms with Gasteiger partial charge in [-0.1, -0.05) is 0 Å². The molecule has 0 N–H and O–H groups in total. The first-order chi connectivity index (χ1) is 6.62. The molecule has 0 radical (unpaired) electrons. The predicted octanol–water partition coefficient (Wildman–Crippen LogP) is 2.71. The van der Waals surface area contributed by atoms with Crippen molar-refractivity contribution in [1.82, 2.24) is 0 Å². The maximum Gasteiger partial charge on any atom is 0.448 e. The highest BCUT2D eigenvalue weighted by Gasteiger charge is 2.40. The van der Waals surface area contributed by atoms with Crippen molar-refractivity contribution in [3.05, 3.63) is 11.8 Å². The smallest absolute Gasteiger partial charge is 0.448 e. The van der Waals surface area contributed by atoms with Crippen molar-refractivity contribution in [3.63, 3.8) is 0 Å². The topological polar surface area (TPSA) is 21.6 Å². The maximum atomic E-state index is 12.0. The molecule has 0 saturated carbocycles. The Morgan fingerprint density at radius 2 is 1.53 bits per heavy atom. The van der Waals surface area contributed by atoms with E-state index >= 15 is 0 Å². The molecule has 0 unspecified atom stereocenters. The highest BCUT2D eigenvalue weighted by molar-refractivity contribution is 5.99. The monoisotopic (exact) mass is 235 g/mol. The molecule has 0 aromatic rings. The molecule has 2 nitrogen and oxygen atoms in total. The zero-order chi connectivity index (χ0) is 12.3. The number of methoxy groups -OCH3 is 1. The molecule has 0 aliphatic carbocycles. The first kappa shape index (κ1) is 13.8. The van der Waals surface area contributed by atoms with Crippen molar-refractivity contribution < 1.29 is 31.1 Å². The van der Waals surface area contributed by atoms with Gasteiger partial charge in [0.1, 0.15) is 5.71 Å². The van der Waals surface area contributed by atoms with Crippen LogP contribution in [0.5, 0.6) is 0 Å². The molecule has 0 aromatic carbocycles. The normalized spacial score (nSPS) is 15.5. The number of nitrogens with zero attached hydrogens (tertiary/aromatic N) is 1. The molecule has 0 fully saturated rings. The average Bonchev–Trinajstić information content (AvgIpc) is 2.01. The van der Waals surface area contributed by atoms with Gasteiger partial charge >= 0.3 is 12.4 Å². The van der Waals surface area contributed by atoms with Crippen LogP contribution in [0.15, 0.2) is 16.8 Å². The van der Waals surface area contributed by atoms with Crippen molar-refractivity contribution in [3.8, 4) is 0 Å². The van der Waals surface area contributed by atoms with Gasteiger partial charge in [-0.05, 0) is 0 Å². The molecule has 0 spiro atoms. The van der Waals surface area contributed by atoms with Crippen LogP contribution in [0.2, 0.25) is 0 Å². The third-order valence-corrected chi connectivity index (χ3v) is 1.30. The van der Waals surface area contributed by atoms with E-state index in [2.05, 4.69) is 9.73 Å². The second-order valence-electron chi connectivity index (χ2n) is 2.32. The summed E-state index contributed by atoms with van der Waals surface area (Å²) in [6.07, 6.45) is -10.1. The Balaban J connectivity index is 5.17. The number of aliphatic imine (C=N–C) groups is 1. The summed E-state index contributed by atoms with van der Waals surface area (Å²) >= 11 is 0. The number of allylic oxidation sites excluding steroid dienone is 2. The summed E-state index contributed by atoms with van der Waals surface area (Å²) in [5.74, 6) is -1.75. The van der Waals surface area contributed by atoms with E-state index in [9.17, 15) is 26.3 Å². The summed E-state index contributed by atoms with van der Waals surface area (Å²) in [5, 5.41) is 0. The zero-order valence-electron chi connectivity index (χ0n) is 7.70. The highest BCUT2D eigenvalue weighted by atomic mass is 19.4. The van der Waals surface area contributed by atoms with E-state index in [1.54, 1.807) is 0 Å². The summed E-state index contributed by atoms with van der Waals surface area (Å²) in [6, 6.07) is 0. The standard InChI is InChI=1S/C7H7F6NO/c1-14-4(6(8,9)10)3-5(15-2)7(11,12)13/h3H,1-2H3. The molecule has 15 heavy (non-hydrogen) atoms. The minimum Gasteiger partial charge on any atom is -0.492 e. The van der Waals surface area contributed by atoms with Crippen LogP contribution >= 0.6 is 0 Å². The number of alkyl halides is 6. The first-order valence-corrected chi connectivity index (χ1v) is 3.49. The van der Waals surface area contributed by atoms with E-state index < -0.39 is 23.8 Å². The molecular weight excluding hydrogens is 228 g/mol. The fraction of sp³-hybridized carbons (Fsp3) is 0.571. The van der Waals surface area contributed by atoms with Crippen molar-refractivity contribution in [1.29, 1.82) is 0 Å². The van der Waals surface area contributed by atoms with E-state index in [4.69, 9.17) is 0 Å². The van der Waals surface area contributed by atoms with Crippen LogP contribution in [0.25, 0.3) is 0 Å². The summed E-state index contributed by atoms with van der Waals surface area (Å²) in [4.78, 5) is 2.70. The molecule has 0 aliphatic heterocycles. The SMILES string of the molecule is CN=C(C=C(OC)C(F)(F)F)C(F)(F)F. The number of rotatable bonds is 2. The Bertz CT molecular complexity index is 274. The van der Waals surface area contributed by atoms with Crippen LogP contribution in [0.1, 0.15) is 0 Å². The molecule has 0 aromatic heterocycles. The van der Waals surface area contributed by atoms with Crippen molar-refractivity contribution >= 4 is 5.71 Å². The Kier molecular flexibility index (Phi) is 4.17. The van der Waals surface area contributed by atoms with E-state index in [1.165, 1.54) is 0 Å². The van der Waals surface area contributed by atoms with Gasteiger partial charge in [0.05, 0.1) is 7.11 Å². The summed E-state index contributed by atoms with van der Waals surface area (Å²) in [7, 11) is 1.37. The van der Waals surface area contributed by atoms with Crippen molar-refractivity contribution in [2.45, 2.75) is 12.4 Å². The lowest BCUT2D eigenvalue weighted by Crippen LogP contribution is -2.24.